The molecule has 29 heavy (non-hydrogen) atoms. The van der Waals surface area contributed by atoms with Crippen LogP contribution in [0.2, 0.25) is 0 Å². The first-order valence-electron chi connectivity index (χ1n) is 9.20. The fourth-order valence-corrected chi connectivity index (χ4v) is 2.93. The van der Waals surface area contributed by atoms with E-state index in [9.17, 15) is 14.0 Å². The van der Waals surface area contributed by atoms with Gasteiger partial charge in [-0.3, -0.25) is 4.79 Å². The van der Waals surface area contributed by atoms with Crippen molar-refractivity contribution in [3.63, 3.8) is 0 Å². The molecular formula is C22H21FN2O4. The minimum Gasteiger partial charge on any atom is -0.452 e. The van der Waals surface area contributed by atoms with Crippen LogP contribution in [0.15, 0.2) is 59.1 Å². The van der Waals surface area contributed by atoms with Gasteiger partial charge in [0.1, 0.15) is 22.8 Å². The number of carbonyl (C=O) groups is 2. The number of ether oxygens (including phenoxy) is 1. The topological polar surface area (TPSA) is 72.6 Å². The van der Waals surface area contributed by atoms with E-state index in [1.165, 1.54) is 17.0 Å². The number of aryl methyl sites for hydroxylation is 1. The Hall–Kier alpha value is -3.48. The molecule has 1 amide bonds. The molecule has 0 radical (unpaired) electrons. The Labute approximate surface area is 167 Å². The van der Waals surface area contributed by atoms with Crippen molar-refractivity contribution in [3.05, 3.63) is 77.3 Å². The van der Waals surface area contributed by atoms with Crippen LogP contribution < -0.4 is 0 Å². The Morgan fingerprint density at radius 2 is 1.90 bits per heavy atom. The van der Waals surface area contributed by atoms with E-state index in [0.717, 1.165) is 0 Å². The molecule has 1 aromatic heterocycles. The van der Waals surface area contributed by atoms with E-state index in [4.69, 9.17) is 9.26 Å². The number of aromatic nitrogens is 1. The first-order chi connectivity index (χ1) is 14.0. The van der Waals surface area contributed by atoms with Crippen molar-refractivity contribution in [3.8, 4) is 11.3 Å². The SMILES string of the molecule is CCN(Cc1cccc(F)c1)C(=O)COC(=O)c1c(-c2ccccc2)noc1C. The van der Waals surface area contributed by atoms with E-state index in [0.29, 0.717) is 29.1 Å². The van der Waals surface area contributed by atoms with Crippen molar-refractivity contribution in [2.24, 2.45) is 0 Å². The average molecular weight is 396 g/mol. The molecule has 3 aromatic rings. The summed E-state index contributed by atoms with van der Waals surface area (Å²) < 4.78 is 23.7. The van der Waals surface area contributed by atoms with Crippen molar-refractivity contribution in [2.45, 2.75) is 20.4 Å². The molecule has 3 rings (SSSR count). The molecule has 0 spiro atoms. The highest BCUT2D eigenvalue weighted by molar-refractivity contribution is 5.98. The Bertz CT molecular complexity index is 1000. The van der Waals surface area contributed by atoms with Gasteiger partial charge in [-0.1, -0.05) is 47.6 Å². The highest BCUT2D eigenvalue weighted by atomic mass is 19.1. The zero-order chi connectivity index (χ0) is 20.8. The fraction of sp³-hybridized carbons (Fsp3) is 0.227. The van der Waals surface area contributed by atoms with Crippen LogP contribution >= 0.6 is 0 Å². The third-order valence-electron chi connectivity index (χ3n) is 4.44. The Kier molecular flexibility index (Phi) is 6.39. The highest BCUT2D eigenvalue weighted by Gasteiger charge is 2.24. The summed E-state index contributed by atoms with van der Waals surface area (Å²) >= 11 is 0. The standard InChI is InChI=1S/C22H21FN2O4/c1-3-25(13-16-8-7-11-18(23)12-16)19(26)14-28-22(27)20-15(2)29-24-21(20)17-9-5-4-6-10-17/h4-12H,3,13-14H2,1-2H3. The molecule has 0 aliphatic carbocycles. The quantitative estimate of drug-likeness (QED) is 0.565. The third kappa shape index (κ3) is 4.87. The molecule has 0 aliphatic rings. The molecule has 0 N–H and O–H groups in total. The number of esters is 1. The molecule has 0 bridgehead atoms. The van der Waals surface area contributed by atoms with Crippen LogP contribution in [0.25, 0.3) is 11.3 Å². The van der Waals surface area contributed by atoms with Gasteiger partial charge >= 0.3 is 5.97 Å². The lowest BCUT2D eigenvalue weighted by Gasteiger charge is -2.21. The van der Waals surface area contributed by atoms with Crippen molar-refractivity contribution in [1.82, 2.24) is 10.1 Å². The molecule has 0 aliphatic heterocycles. The maximum Gasteiger partial charge on any atom is 0.344 e. The van der Waals surface area contributed by atoms with Crippen LogP contribution in [0.3, 0.4) is 0 Å². The zero-order valence-corrected chi connectivity index (χ0v) is 16.2. The van der Waals surface area contributed by atoms with E-state index in [2.05, 4.69) is 5.16 Å². The lowest BCUT2D eigenvalue weighted by molar-refractivity contribution is -0.134. The molecule has 0 fully saturated rings. The highest BCUT2D eigenvalue weighted by Crippen LogP contribution is 2.25. The number of benzene rings is 2. The van der Waals surface area contributed by atoms with E-state index in [1.54, 1.807) is 38.1 Å². The van der Waals surface area contributed by atoms with Crippen LogP contribution in [0.1, 0.15) is 28.6 Å². The Morgan fingerprint density at radius 1 is 1.14 bits per heavy atom. The first kappa shape index (κ1) is 20.3. The molecule has 0 unspecified atom stereocenters. The summed E-state index contributed by atoms with van der Waals surface area (Å²) in [5.74, 6) is -1.11. The summed E-state index contributed by atoms with van der Waals surface area (Å²) in [5.41, 5.74) is 1.93. The van der Waals surface area contributed by atoms with E-state index < -0.39 is 12.6 Å². The van der Waals surface area contributed by atoms with Gasteiger partial charge in [0.25, 0.3) is 5.91 Å². The Balaban J connectivity index is 1.67. The van der Waals surface area contributed by atoms with E-state index >= 15 is 0 Å². The maximum atomic E-state index is 13.4. The monoisotopic (exact) mass is 396 g/mol. The number of rotatable bonds is 7. The molecule has 0 saturated heterocycles. The smallest absolute Gasteiger partial charge is 0.344 e. The van der Waals surface area contributed by atoms with Gasteiger partial charge in [0.05, 0.1) is 0 Å². The molecule has 2 aromatic carbocycles. The second-order valence-corrected chi connectivity index (χ2v) is 6.44. The lowest BCUT2D eigenvalue weighted by atomic mass is 10.1. The number of likely N-dealkylation sites (N-methyl/N-ethyl adjacent to an activating group) is 1. The van der Waals surface area contributed by atoms with Gasteiger partial charge in [-0.2, -0.15) is 0 Å². The van der Waals surface area contributed by atoms with Crippen molar-refractivity contribution in [2.75, 3.05) is 13.2 Å². The molecule has 150 valence electrons. The summed E-state index contributed by atoms with van der Waals surface area (Å²) in [4.78, 5) is 26.6. The number of nitrogens with zero attached hydrogens (tertiary/aromatic N) is 2. The van der Waals surface area contributed by atoms with Gasteiger partial charge < -0.3 is 14.2 Å². The average Bonchev–Trinajstić information content (AvgIpc) is 3.12. The Morgan fingerprint density at radius 3 is 2.59 bits per heavy atom. The predicted molar refractivity (Wildman–Crippen MR) is 104 cm³/mol. The normalized spacial score (nSPS) is 10.6. The number of carbonyl (C=O) groups excluding carboxylic acids is 2. The van der Waals surface area contributed by atoms with Crippen LogP contribution in [0, 0.1) is 12.7 Å². The zero-order valence-electron chi connectivity index (χ0n) is 16.2. The van der Waals surface area contributed by atoms with Gasteiger partial charge in [-0.15, -0.1) is 0 Å². The summed E-state index contributed by atoms with van der Waals surface area (Å²) in [5, 5.41) is 3.94. The minimum atomic E-state index is -0.683. The summed E-state index contributed by atoms with van der Waals surface area (Å²) in [6.07, 6.45) is 0. The molecule has 7 heteroatoms. The number of hydrogen-bond acceptors (Lipinski definition) is 5. The van der Waals surface area contributed by atoms with Gasteiger partial charge in [-0.05, 0) is 31.5 Å². The van der Waals surface area contributed by atoms with E-state index in [1.807, 2.05) is 18.2 Å². The van der Waals surface area contributed by atoms with Gasteiger partial charge in [0.15, 0.2) is 6.61 Å². The fourth-order valence-electron chi connectivity index (χ4n) is 2.93. The summed E-state index contributed by atoms with van der Waals surface area (Å²) in [6.45, 7) is 3.61. The molecular weight excluding hydrogens is 375 g/mol. The maximum absolute atomic E-state index is 13.4. The molecule has 0 atom stereocenters. The molecule has 0 saturated carbocycles. The number of hydrogen-bond donors (Lipinski definition) is 0. The minimum absolute atomic E-state index is 0.192. The predicted octanol–water partition coefficient (Wildman–Crippen LogP) is 3.99. The van der Waals surface area contributed by atoms with Crippen molar-refractivity contribution < 1.29 is 23.2 Å². The third-order valence-corrected chi connectivity index (χ3v) is 4.44. The van der Waals surface area contributed by atoms with Gasteiger partial charge in [-0.25, -0.2) is 9.18 Å². The lowest BCUT2D eigenvalue weighted by Crippen LogP contribution is -2.34. The first-order valence-corrected chi connectivity index (χ1v) is 9.20. The van der Waals surface area contributed by atoms with Crippen LogP contribution in [-0.4, -0.2) is 35.1 Å². The largest absolute Gasteiger partial charge is 0.452 e. The summed E-state index contributed by atoms with van der Waals surface area (Å²) in [6, 6.07) is 15.1. The van der Waals surface area contributed by atoms with E-state index in [-0.39, 0.29) is 23.8 Å². The second kappa shape index (κ2) is 9.14. The molecule has 1 heterocycles. The summed E-state index contributed by atoms with van der Waals surface area (Å²) in [7, 11) is 0. The van der Waals surface area contributed by atoms with Crippen molar-refractivity contribution >= 4 is 11.9 Å². The van der Waals surface area contributed by atoms with Crippen LogP contribution in [-0.2, 0) is 16.1 Å². The van der Waals surface area contributed by atoms with Crippen LogP contribution in [0.4, 0.5) is 4.39 Å². The second-order valence-electron chi connectivity index (χ2n) is 6.44. The van der Waals surface area contributed by atoms with Crippen LogP contribution in [0.5, 0.6) is 0 Å². The van der Waals surface area contributed by atoms with Gasteiger partial charge in [0, 0.05) is 18.7 Å². The molecule has 6 nitrogen and oxygen atoms in total. The van der Waals surface area contributed by atoms with Gasteiger partial charge in [0.2, 0.25) is 0 Å². The number of amides is 1. The van der Waals surface area contributed by atoms with Crippen molar-refractivity contribution in [1.29, 1.82) is 0 Å². The number of halogens is 1.